The monoisotopic (exact) mass is 290 g/mol. The average molecular weight is 290 g/mol. The number of imide groups is 1. The predicted octanol–water partition coefficient (Wildman–Crippen LogP) is 1.50. The van der Waals surface area contributed by atoms with Crippen LogP contribution in [0.25, 0.3) is 11.0 Å². The Hall–Kier alpha value is -2.02. The van der Waals surface area contributed by atoms with E-state index in [0.29, 0.717) is 12.8 Å². The van der Waals surface area contributed by atoms with E-state index < -0.39 is 6.04 Å². The van der Waals surface area contributed by atoms with Gasteiger partial charge in [0, 0.05) is 11.3 Å². The van der Waals surface area contributed by atoms with E-state index >= 15 is 0 Å². The van der Waals surface area contributed by atoms with Gasteiger partial charge in [-0.1, -0.05) is 0 Å². The summed E-state index contributed by atoms with van der Waals surface area (Å²) in [7, 11) is 0. The summed E-state index contributed by atoms with van der Waals surface area (Å²) in [6, 6.07) is 3.51. The van der Waals surface area contributed by atoms with Crippen LogP contribution in [0.3, 0.4) is 0 Å². The summed E-state index contributed by atoms with van der Waals surface area (Å²) in [5.41, 5.74) is 2.56. The smallest absolute Gasteiger partial charge is 0.249 e. The predicted molar refractivity (Wildman–Crippen MR) is 77.7 cm³/mol. The largest absolute Gasteiger partial charge is 0.372 e. The molecule has 2 amide bonds. The number of anilines is 1. The number of nitrogens with one attached hydrogen (secondary N) is 3. The minimum absolute atomic E-state index is 0.212. The quantitative estimate of drug-likeness (QED) is 0.589. The molecule has 0 saturated carbocycles. The summed E-state index contributed by atoms with van der Waals surface area (Å²) >= 11 is 1.64. The molecule has 0 aliphatic carbocycles. The number of piperidine rings is 1. The van der Waals surface area contributed by atoms with Gasteiger partial charge in [0.1, 0.15) is 11.6 Å². The molecule has 2 aromatic rings. The molecular weight excluding hydrogens is 276 g/mol. The zero-order chi connectivity index (χ0) is 14.1. The zero-order valence-corrected chi connectivity index (χ0v) is 11.7. The fourth-order valence-corrected chi connectivity index (χ4v) is 2.88. The van der Waals surface area contributed by atoms with Crippen molar-refractivity contribution in [2.24, 2.45) is 0 Å². The first-order valence-electron chi connectivity index (χ1n) is 6.29. The van der Waals surface area contributed by atoms with Crippen LogP contribution in [0.5, 0.6) is 0 Å². The highest BCUT2D eigenvalue weighted by Gasteiger charge is 2.27. The van der Waals surface area contributed by atoms with Crippen molar-refractivity contribution < 1.29 is 9.59 Å². The van der Waals surface area contributed by atoms with Gasteiger partial charge in [0.15, 0.2) is 0 Å². The summed E-state index contributed by atoms with van der Waals surface area (Å²) in [6.45, 7) is 0. The Bertz CT molecular complexity index is 682. The molecule has 6 nitrogen and oxygen atoms in total. The number of hydrogen-bond acceptors (Lipinski definition) is 5. The molecule has 1 fully saturated rings. The van der Waals surface area contributed by atoms with E-state index in [2.05, 4.69) is 20.6 Å². The van der Waals surface area contributed by atoms with E-state index in [-0.39, 0.29) is 11.8 Å². The van der Waals surface area contributed by atoms with E-state index in [1.165, 1.54) is 0 Å². The lowest BCUT2D eigenvalue weighted by atomic mass is 10.1. The van der Waals surface area contributed by atoms with Gasteiger partial charge in [-0.3, -0.25) is 14.9 Å². The van der Waals surface area contributed by atoms with Crippen LogP contribution in [0.2, 0.25) is 0 Å². The van der Waals surface area contributed by atoms with Crippen LogP contribution in [0.1, 0.15) is 12.8 Å². The standard InChI is InChI=1S/C13H14N4O2S/c1-20-9-4-2-7(11-12(9)15-6-14-11)16-8-3-5-10(18)17-13(8)19/h2,4,6,8,16H,3,5H2,1H3,(H,14,15)(H,17,18,19). The number of aromatic amines is 1. The van der Waals surface area contributed by atoms with Crippen molar-refractivity contribution in [1.29, 1.82) is 0 Å². The van der Waals surface area contributed by atoms with Gasteiger partial charge in [0.25, 0.3) is 0 Å². The second-order valence-corrected chi connectivity index (χ2v) is 5.44. The van der Waals surface area contributed by atoms with Crippen LogP contribution in [0.15, 0.2) is 23.4 Å². The van der Waals surface area contributed by atoms with Gasteiger partial charge >= 0.3 is 0 Å². The number of benzene rings is 1. The third-order valence-electron chi connectivity index (χ3n) is 3.33. The van der Waals surface area contributed by atoms with Gasteiger partial charge in [-0.25, -0.2) is 4.98 Å². The Kier molecular flexibility index (Phi) is 3.35. The van der Waals surface area contributed by atoms with Crippen molar-refractivity contribution in [2.75, 3.05) is 11.6 Å². The molecule has 3 N–H and O–H groups in total. The molecule has 1 atom stereocenters. The van der Waals surface area contributed by atoms with Crippen molar-refractivity contribution >= 4 is 40.3 Å². The highest BCUT2D eigenvalue weighted by atomic mass is 32.2. The number of carbonyl (C=O) groups is 2. The van der Waals surface area contributed by atoms with Gasteiger partial charge in [-0.05, 0) is 24.8 Å². The Morgan fingerprint density at radius 2 is 2.25 bits per heavy atom. The van der Waals surface area contributed by atoms with E-state index in [0.717, 1.165) is 21.6 Å². The van der Waals surface area contributed by atoms with Crippen LogP contribution in [0.4, 0.5) is 5.69 Å². The van der Waals surface area contributed by atoms with Crippen LogP contribution in [-0.4, -0.2) is 34.1 Å². The summed E-state index contributed by atoms with van der Waals surface area (Å²) in [5, 5.41) is 5.52. The molecule has 1 unspecified atom stereocenters. The van der Waals surface area contributed by atoms with Crippen molar-refractivity contribution in [3.8, 4) is 0 Å². The van der Waals surface area contributed by atoms with Crippen molar-refractivity contribution in [2.45, 2.75) is 23.8 Å². The third kappa shape index (κ3) is 2.24. The maximum Gasteiger partial charge on any atom is 0.249 e. The maximum atomic E-state index is 11.8. The first-order valence-corrected chi connectivity index (χ1v) is 7.52. The normalized spacial score (nSPS) is 19.1. The van der Waals surface area contributed by atoms with Crippen LogP contribution < -0.4 is 10.6 Å². The van der Waals surface area contributed by atoms with Gasteiger partial charge in [0.2, 0.25) is 11.8 Å². The number of nitrogens with zero attached hydrogens (tertiary/aromatic N) is 1. The topological polar surface area (TPSA) is 86.9 Å². The van der Waals surface area contributed by atoms with E-state index in [4.69, 9.17) is 0 Å². The zero-order valence-electron chi connectivity index (χ0n) is 10.9. The number of aromatic nitrogens is 2. The molecule has 2 heterocycles. The first kappa shape index (κ1) is 13.0. The van der Waals surface area contributed by atoms with Crippen molar-refractivity contribution in [1.82, 2.24) is 15.3 Å². The lowest BCUT2D eigenvalue weighted by Crippen LogP contribution is -2.47. The lowest BCUT2D eigenvalue weighted by Gasteiger charge is -2.23. The minimum Gasteiger partial charge on any atom is -0.372 e. The van der Waals surface area contributed by atoms with Crippen molar-refractivity contribution in [3.63, 3.8) is 0 Å². The van der Waals surface area contributed by atoms with Crippen LogP contribution in [0, 0.1) is 0 Å². The molecule has 1 aliphatic heterocycles. The van der Waals surface area contributed by atoms with E-state index in [1.807, 2.05) is 18.4 Å². The van der Waals surface area contributed by atoms with Crippen LogP contribution >= 0.6 is 11.8 Å². The number of hydrogen-bond donors (Lipinski definition) is 3. The summed E-state index contributed by atoms with van der Waals surface area (Å²) in [4.78, 5) is 31.4. The number of carbonyl (C=O) groups excluding carboxylic acids is 2. The summed E-state index contributed by atoms with van der Waals surface area (Å²) in [5.74, 6) is -0.491. The molecule has 3 rings (SSSR count). The molecule has 1 aliphatic rings. The molecule has 0 spiro atoms. The fraction of sp³-hybridized carbons (Fsp3) is 0.308. The first-order chi connectivity index (χ1) is 9.69. The number of imidazole rings is 1. The van der Waals surface area contributed by atoms with Crippen molar-refractivity contribution in [3.05, 3.63) is 18.5 Å². The van der Waals surface area contributed by atoms with Gasteiger partial charge < -0.3 is 10.3 Å². The Morgan fingerprint density at radius 1 is 1.40 bits per heavy atom. The molecule has 1 aromatic carbocycles. The highest BCUT2D eigenvalue weighted by Crippen LogP contribution is 2.30. The maximum absolute atomic E-state index is 11.8. The van der Waals surface area contributed by atoms with Crippen LogP contribution in [-0.2, 0) is 9.59 Å². The second kappa shape index (κ2) is 5.16. The molecule has 0 bridgehead atoms. The van der Waals surface area contributed by atoms with E-state index in [1.54, 1.807) is 18.1 Å². The van der Waals surface area contributed by atoms with Gasteiger partial charge in [0.05, 0.1) is 17.5 Å². The fourth-order valence-electron chi connectivity index (χ4n) is 2.31. The molecule has 0 radical (unpaired) electrons. The summed E-state index contributed by atoms with van der Waals surface area (Å²) < 4.78 is 0. The molecule has 20 heavy (non-hydrogen) atoms. The lowest BCUT2D eigenvalue weighted by molar-refractivity contribution is -0.133. The molecule has 104 valence electrons. The summed E-state index contributed by atoms with van der Waals surface area (Å²) in [6.07, 6.45) is 4.50. The third-order valence-corrected chi connectivity index (χ3v) is 4.11. The van der Waals surface area contributed by atoms with E-state index in [9.17, 15) is 9.59 Å². The molecule has 1 saturated heterocycles. The number of H-pyrrole nitrogens is 1. The highest BCUT2D eigenvalue weighted by molar-refractivity contribution is 7.98. The Balaban J connectivity index is 1.90. The average Bonchev–Trinajstić information content (AvgIpc) is 2.92. The molecule has 7 heteroatoms. The molecule has 1 aromatic heterocycles. The Labute approximate surface area is 119 Å². The number of thioether (sulfide) groups is 1. The number of amides is 2. The Morgan fingerprint density at radius 3 is 3.00 bits per heavy atom. The second-order valence-electron chi connectivity index (χ2n) is 4.59. The van der Waals surface area contributed by atoms with Gasteiger partial charge in [-0.15, -0.1) is 11.8 Å². The number of rotatable bonds is 3. The molecular formula is C13H14N4O2S. The van der Waals surface area contributed by atoms with Gasteiger partial charge in [-0.2, -0.15) is 0 Å². The number of fused-ring (bicyclic) bond motifs is 1. The minimum atomic E-state index is -0.396. The SMILES string of the molecule is CSc1ccc(NC2CCC(=O)NC2=O)c2nc[nH]c12.